The van der Waals surface area contributed by atoms with E-state index in [4.69, 9.17) is 16.3 Å². The fourth-order valence-electron chi connectivity index (χ4n) is 4.82. The second-order valence-corrected chi connectivity index (χ2v) is 8.98. The molecule has 1 saturated heterocycles. The number of rotatable bonds is 5. The Morgan fingerprint density at radius 2 is 1.85 bits per heavy atom. The maximum absolute atomic E-state index is 13.6. The third kappa shape index (κ3) is 4.48. The number of hydrogen-bond acceptors (Lipinski definition) is 6. The predicted molar refractivity (Wildman–Crippen MR) is 118 cm³/mol. The highest BCUT2D eigenvalue weighted by molar-refractivity contribution is 6.29. The Kier molecular flexibility index (Phi) is 5.75. The molecule has 0 radical (unpaired) electrons. The first kappa shape index (κ1) is 22.7. The van der Waals surface area contributed by atoms with Gasteiger partial charge in [-0.15, -0.1) is 5.10 Å². The molecule has 1 N–H and O–H groups in total. The van der Waals surface area contributed by atoms with Gasteiger partial charge in [-0.3, -0.25) is 0 Å². The van der Waals surface area contributed by atoms with Crippen LogP contribution in [0, 0.1) is 17.7 Å². The fraction of sp³-hybridized carbons (Fsp3) is 0.409. The topological polar surface area (TPSA) is 68.1 Å². The van der Waals surface area contributed by atoms with Crippen LogP contribution in [0.2, 0.25) is 5.15 Å². The minimum atomic E-state index is -4.83. The number of aromatic nitrogens is 4. The van der Waals surface area contributed by atoms with Crippen molar-refractivity contribution in [1.29, 1.82) is 0 Å². The van der Waals surface area contributed by atoms with Gasteiger partial charge in [0.2, 0.25) is 5.95 Å². The number of fused-ring (bicyclic) bond motifs is 2. The molecule has 12 heteroatoms. The Hall–Kier alpha value is -3.08. The smallest absolute Gasteiger partial charge is 0.419 e. The number of halogens is 5. The first-order valence-corrected chi connectivity index (χ1v) is 11.1. The molecule has 1 saturated carbocycles. The number of anilines is 2. The molecule has 2 aromatic heterocycles. The number of ether oxygens (including phenoxy) is 1. The van der Waals surface area contributed by atoms with E-state index in [2.05, 4.69) is 25.3 Å². The van der Waals surface area contributed by atoms with Gasteiger partial charge in [-0.2, -0.15) is 18.2 Å². The van der Waals surface area contributed by atoms with Crippen molar-refractivity contribution in [1.82, 2.24) is 19.7 Å². The van der Waals surface area contributed by atoms with Crippen LogP contribution >= 0.6 is 11.6 Å². The van der Waals surface area contributed by atoms with Crippen LogP contribution in [0.5, 0.6) is 11.8 Å². The highest BCUT2D eigenvalue weighted by atomic mass is 35.5. The SMILES string of the molecule is Cn1nc(N[C@H]2[C@@H]3CC[C@H]2CN(c2ccnc(Cl)c2)C3)nc1Oc1ccc(F)c(C(F)(F)F)c1. The van der Waals surface area contributed by atoms with Gasteiger partial charge < -0.3 is 15.0 Å². The Morgan fingerprint density at radius 1 is 1.12 bits per heavy atom. The molecule has 2 aliphatic rings. The van der Waals surface area contributed by atoms with E-state index in [-0.39, 0.29) is 17.8 Å². The van der Waals surface area contributed by atoms with Crippen LogP contribution in [0.25, 0.3) is 0 Å². The van der Waals surface area contributed by atoms with E-state index in [1.54, 1.807) is 13.2 Å². The summed E-state index contributed by atoms with van der Waals surface area (Å²) in [5, 5.41) is 8.16. The van der Waals surface area contributed by atoms with Gasteiger partial charge in [0.25, 0.3) is 0 Å². The molecular weight excluding hydrogens is 476 g/mol. The summed E-state index contributed by atoms with van der Waals surface area (Å²) in [6.07, 6.45) is -1.01. The Bertz CT molecular complexity index is 1190. The number of benzene rings is 1. The summed E-state index contributed by atoms with van der Waals surface area (Å²) in [7, 11) is 1.58. The Balaban J connectivity index is 1.28. The van der Waals surface area contributed by atoms with Crippen molar-refractivity contribution < 1.29 is 22.3 Å². The average molecular weight is 497 g/mol. The number of nitrogens with zero attached hydrogens (tertiary/aromatic N) is 5. The lowest BCUT2D eigenvalue weighted by Crippen LogP contribution is -2.48. The molecule has 7 nitrogen and oxygen atoms in total. The van der Waals surface area contributed by atoms with Crippen LogP contribution in [0.15, 0.2) is 36.5 Å². The van der Waals surface area contributed by atoms with Gasteiger partial charge in [0.1, 0.15) is 16.7 Å². The van der Waals surface area contributed by atoms with Crippen molar-refractivity contribution in [3.05, 3.63) is 53.1 Å². The molecule has 3 atom stereocenters. The van der Waals surface area contributed by atoms with Crippen molar-refractivity contribution in [3.63, 3.8) is 0 Å². The number of pyridine rings is 1. The summed E-state index contributed by atoms with van der Waals surface area (Å²) in [6, 6.07) is 6.41. The van der Waals surface area contributed by atoms with Crippen molar-refractivity contribution in [2.24, 2.45) is 18.9 Å². The van der Waals surface area contributed by atoms with Crippen LogP contribution in [-0.2, 0) is 13.2 Å². The number of alkyl halides is 3. The molecule has 3 aromatic rings. The first-order valence-electron chi connectivity index (χ1n) is 10.8. The second-order valence-electron chi connectivity index (χ2n) is 8.59. The minimum Gasteiger partial charge on any atom is -0.424 e. The highest BCUT2D eigenvalue weighted by Crippen LogP contribution is 2.40. The second kappa shape index (κ2) is 8.61. The van der Waals surface area contributed by atoms with Gasteiger partial charge in [-0.25, -0.2) is 14.1 Å². The van der Waals surface area contributed by atoms with Crippen LogP contribution in [-0.4, -0.2) is 38.9 Å². The van der Waals surface area contributed by atoms with Gasteiger partial charge in [0.15, 0.2) is 0 Å². The number of hydrogen-bond donors (Lipinski definition) is 1. The van der Waals surface area contributed by atoms with Crippen LogP contribution < -0.4 is 15.0 Å². The molecule has 1 aromatic carbocycles. The van der Waals surface area contributed by atoms with Crippen molar-refractivity contribution >= 4 is 23.2 Å². The summed E-state index contributed by atoms with van der Waals surface area (Å²) in [6.45, 7) is 1.70. The lowest BCUT2D eigenvalue weighted by Gasteiger charge is -2.39. The summed E-state index contributed by atoms with van der Waals surface area (Å²) in [5.74, 6) is -0.482. The number of aryl methyl sites for hydroxylation is 1. The standard InChI is InChI=1S/C22H21ClF4N6O/c1-32-21(34-15-4-5-17(24)16(9-15)22(25,26)27)30-20(31-32)29-19-12-2-3-13(19)11-33(10-12)14-6-7-28-18(23)8-14/h4-9,12-13,19H,2-3,10-11H2,1H3,(H,29,31)/t12-,13+,19+. The molecule has 3 heterocycles. The summed E-state index contributed by atoms with van der Waals surface area (Å²) in [4.78, 5) is 10.7. The van der Waals surface area contributed by atoms with E-state index >= 15 is 0 Å². The highest BCUT2D eigenvalue weighted by Gasteiger charge is 2.42. The number of piperidine rings is 1. The molecule has 180 valence electrons. The molecule has 0 spiro atoms. The van der Waals surface area contributed by atoms with Gasteiger partial charge in [0.05, 0.1) is 5.56 Å². The summed E-state index contributed by atoms with van der Waals surface area (Å²) in [5.41, 5.74) is -0.358. The zero-order valence-corrected chi connectivity index (χ0v) is 18.8. The predicted octanol–water partition coefficient (Wildman–Crippen LogP) is 5.14. The van der Waals surface area contributed by atoms with Crippen molar-refractivity contribution in [2.75, 3.05) is 23.3 Å². The zero-order chi connectivity index (χ0) is 24.0. The minimum absolute atomic E-state index is 0.00144. The number of nitrogens with one attached hydrogen (secondary N) is 1. The molecule has 2 bridgehead atoms. The monoisotopic (exact) mass is 496 g/mol. The van der Waals surface area contributed by atoms with Crippen LogP contribution in [0.4, 0.5) is 29.2 Å². The summed E-state index contributed by atoms with van der Waals surface area (Å²) < 4.78 is 59.3. The normalized spacial score (nSPS) is 22.2. The summed E-state index contributed by atoms with van der Waals surface area (Å²) >= 11 is 6.05. The van der Waals surface area contributed by atoms with E-state index in [1.165, 1.54) is 4.68 Å². The quantitative estimate of drug-likeness (QED) is 0.390. The molecular formula is C22H21ClF4N6O. The molecule has 0 amide bonds. The van der Waals surface area contributed by atoms with Crippen molar-refractivity contribution in [2.45, 2.75) is 25.1 Å². The van der Waals surface area contributed by atoms with Gasteiger partial charge in [-0.05, 0) is 55.0 Å². The first-order chi connectivity index (χ1) is 16.2. The third-order valence-corrected chi connectivity index (χ3v) is 6.59. The zero-order valence-electron chi connectivity index (χ0n) is 18.1. The molecule has 0 unspecified atom stereocenters. The lowest BCUT2D eigenvalue weighted by atomic mass is 9.92. The van der Waals surface area contributed by atoms with Gasteiger partial charge >= 0.3 is 12.2 Å². The maximum atomic E-state index is 13.6. The molecule has 5 rings (SSSR count). The van der Waals surface area contributed by atoms with E-state index < -0.39 is 17.6 Å². The van der Waals surface area contributed by atoms with Crippen LogP contribution in [0.1, 0.15) is 18.4 Å². The average Bonchev–Trinajstić information content (AvgIpc) is 3.21. The molecule has 2 fully saturated rings. The van der Waals surface area contributed by atoms with E-state index in [9.17, 15) is 17.6 Å². The van der Waals surface area contributed by atoms with Gasteiger partial charge in [0, 0.05) is 38.1 Å². The van der Waals surface area contributed by atoms with Crippen molar-refractivity contribution in [3.8, 4) is 11.8 Å². The molecule has 34 heavy (non-hydrogen) atoms. The third-order valence-electron chi connectivity index (χ3n) is 6.38. The Labute approximate surface area is 197 Å². The maximum Gasteiger partial charge on any atom is 0.419 e. The van der Waals surface area contributed by atoms with E-state index in [0.29, 0.717) is 29.0 Å². The Morgan fingerprint density at radius 3 is 2.53 bits per heavy atom. The fourth-order valence-corrected chi connectivity index (χ4v) is 4.99. The van der Waals surface area contributed by atoms with E-state index in [1.807, 2.05) is 12.1 Å². The van der Waals surface area contributed by atoms with Gasteiger partial charge in [-0.1, -0.05) is 11.6 Å². The lowest BCUT2D eigenvalue weighted by molar-refractivity contribution is -0.140. The molecule has 1 aliphatic carbocycles. The largest absolute Gasteiger partial charge is 0.424 e. The van der Waals surface area contributed by atoms with E-state index in [0.717, 1.165) is 43.8 Å². The van der Waals surface area contributed by atoms with Crippen LogP contribution in [0.3, 0.4) is 0 Å². The molecule has 1 aliphatic heterocycles.